The number of anilines is 1. The van der Waals surface area contributed by atoms with Crippen LogP contribution in [-0.4, -0.2) is 33.8 Å². The molecule has 1 aromatic carbocycles. The summed E-state index contributed by atoms with van der Waals surface area (Å²) < 4.78 is 1.69. The van der Waals surface area contributed by atoms with Crippen LogP contribution in [0.15, 0.2) is 42.7 Å². The average molecular weight is 312 g/mol. The molecule has 2 amide bonds. The average Bonchev–Trinajstić information content (AvgIpc) is 3.00. The fraction of sp³-hybridized carbons (Fsp3) is 0.444. The van der Waals surface area contributed by atoms with E-state index in [0.717, 1.165) is 31.6 Å². The molecule has 1 aromatic heterocycles. The lowest BCUT2D eigenvalue weighted by Crippen LogP contribution is -2.44. The van der Waals surface area contributed by atoms with Gasteiger partial charge in [-0.15, -0.1) is 0 Å². The molecule has 1 aliphatic heterocycles. The molecule has 1 saturated heterocycles. The van der Waals surface area contributed by atoms with Crippen molar-refractivity contribution < 1.29 is 4.79 Å². The van der Waals surface area contributed by atoms with Gasteiger partial charge in [-0.3, -0.25) is 4.68 Å². The molecule has 122 valence electrons. The maximum Gasteiger partial charge on any atom is 0.321 e. The molecule has 0 radical (unpaired) electrons. The molecule has 3 rings (SSSR count). The number of piperidine rings is 1. The Labute approximate surface area is 137 Å². The van der Waals surface area contributed by atoms with Gasteiger partial charge in [0.1, 0.15) is 0 Å². The van der Waals surface area contributed by atoms with Gasteiger partial charge < -0.3 is 10.2 Å². The fourth-order valence-corrected chi connectivity index (χ4v) is 3.46. The van der Waals surface area contributed by atoms with E-state index in [-0.39, 0.29) is 6.03 Å². The molecule has 2 aromatic rings. The van der Waals surface area contributed by atoms with Crippen LogP contribution in [0.1, 0.15) is 31.2 Å². The molecule has 1 fully saturated rings. The maximum absolute atomic E-state index is 12.5. The summed E-state index contributed by atoms with van der Waals surface area (Å²) in [5, 5.41) is 7.02. The number of hydrogen-bond acceptors (Lipinski definition) is 2. The van der Waals surface area contributed by atoms with Crippen LogP contribution in [-0.2, 0) is 7.05 Å². The highest BCUT2D eigenvalue weighted by atomic mass is 16.2. The van der Waals surface area contributed by atoms with Gasteiger partial charge in [0, 0.05) is 26.3 Å². The zero-order valence-corrected chi connectivity index (χ0v) is 13.8. The molecule has 0 saturated carbocycles. The molecule has 5 nitrogen and oxygen atoms in total. The first-order chi connectivity index (χ1) is 11.2. The van der Waals surface area contributed by atoms with E-state index in [9.17, 15) is 4.79 Å². The van der Waals surface area contributed by atoms with Crippen molar-refractivity contribution in [1.82, 2.24) is 14.7 Å². The van der Waals surface area contributed by atoms with Crippen molar-refractivity contribution in [3.05, 3.63) is 48.3 Å². The molecule has 0 aliphatic carbocycles. The number of rotatable bonds is 3. The zero-order valence-electron chi connectivity index (χ0n) is 13.8. The Hall–Kier alpha value is -2.30. The zero-order chi connectivity index (χ0) is 16.2. The van der Waals surface area contributed by atoms with E-state index in [1.54, 1.807) is 10.9 Å². The van der Waals surface area contributed by atoms with Gasteiger partial charge in [0.05, 0.1) is 11.9 Å². The standard InChI is InChI=1S/C18H24N4O/c1-3-14-12-22(18(23)20-16-11-19-21(2)13-16)10-9-17(14)15-7-5-4-6-8-15/h4-8,11,13-14,17H,3,9-10,12H2,1-2H3,(H,20,23). The second-order valence-corrected chi connectivity index (χ2v) is 6.25. The summed E-state index contributed by atoms with van der Waals surface area (Å²) in [6.07, 6.45) is 5.58. The van der Waals surface area contributed by atoms with Gasteiger partial charge in [0.25, 0.3) is 0 Å². The van der Waals surface area contributed by atoms with Gasteiger partial charge in [-0.1, -0.05) is 43.7 Å². The van der Waals surface area contributed by atoms with E-state index in [2.05, 4.69) is 47.7 Å². The van der Waals surface area contributed by atoms with E-state index in [4.69, 9.17) is 0 Å². The van der Waals surface area contributed by atoms with Gasteiger partial charge in [0.2, 0.25) is 0 Å². The second kappa shape index (κ2) is 6.86. The van der Waals surface area contributed by atoms with Crippen molar-refractivity contribution in [3.63, 3.8) is 0 Å². The minimum absolute atomic E-state index is 0.0250. The molecular weight excluding hydrogens is 288 g/mol. The van der Waals surface area contributed by atoms with E-state index in [0.29, 0.717) is 11.8 Å². The van der Waals surface area contributed by atoms with Gasteiger partial charge in [-0.05, 0) is 23.8 Å². The summed E-state index contributed by atoms with van der Waals surface area (Å²) in [5.74, 6) is 1.05. The monoisotopic (exact) mass is 312 g/mol. The SMILES string of the molecule is CCC1CN(C(=O)Nc2cnn(C)c2)CCC1c1ccccc1. The van der Waals surface area contributed by atoms with Crippen molar-refractivity contribution in [2.45, 2.75) is 25.7 Å². The van der Waals surface area contributed by atoms with Gasteiger partial charge >= 0.3 is 6.03 Å². The maximum atomic E-state index is 12.5. The lowest BCUT2D eigenvalue weighted by molar-refractivity contribution is 0.162. The number of carbonyl (C=O) groups excluding carboxylic acids is 1. The van der Waals surface area contributed by atoms with E-state index in [1.807, 2.05) is 18.1 Å². The lowest BCUT2D eigenvalue weighted by atomic mass is 9.79. The molecule has 1 N–H and O–H groups in total. The Morgan fingerprint density at radius 1 is 1.35 bits per heavy atom. The van der Waals surface area contributed by atoms with Crippen LogP contribution in [0.2, 0.25) is 0 Å². The molecule has 0 spiro atoms. The van der Waals surface area contributed by atoms with Crippen LogP contribution < -0.4 is 5.32 Å². The quantitative estimate of drug-likeness (QED) is 0.943. The fourth-order valence-electron chi connectivity index (χ4n) is 3.46. The number of nitrogens with one attached hydrogen (secondary N) is 1. The summed E-state index contributed by atoms with van der Waals surface area (Å²) in [6.45, 7) is 3.81. The molecule has 2 atom stereocenters. The van der Waals surface area contributed by atoms with Crippen LogP contribution in [0, 0.1) is 5.92 Å². The van der Waals surface area contributed by atoms with Crippen LogP contribution >= 0.6 is 0 Å². The third-order valence-electron chi connectivity index (χ3n) is 4.73. The number of urea groups is 1. The number of aromatic nitrogens is 2. The summed E-state index contributed by atoms with van der Waals surface area (Å²) in [7, 11) is 1.84. The van der Waals surface area contributed by atoms with Crippen molar-refractivity contribution in [2.24, 2.45) is 13.0 Å². The smallest absolute Gasteiger partial charge is 0.321 e. The van der Waals surface area contributed by atoms with Crippen LogP contribution in [0.5, 0.6) is 0 Å². The third kappa shape index (κ3) is 3.55. The largest absolute Gasteiger partial charge is 0.324 e. The van der Waals surface area contributed by atoms with Crippen molar-refractivity contribution in [3.8, 4) is 0 Å². The Morgan fingerprint density at radius 3 is 2.78 bits per heavy atom. The summed E-state index contributed by atoms with van der Waals surface area (Å²) in [4.78, 5) is 14.4. The normalized spacial score (nSPS) is 21.2. The Morgan fingerprint density at radius 2 is 2.13 bits per heavy atom. The molecule has 5 heteroatoms. The Kier molecular flexibility index (Phi) is 4.65. The molecule has 2 unspecified atom stereocenters. The molecule has 0 bridgehead atoms. The summed E-state index contributed by atoms with van der Waals surface area (Å²) in [5.41, 5.74) is 2.14. The number of nitrogens with zero attached hydrogens (tertiary/aromatic N) is 3. The van der Waals surface area contributed by atoms with Crippen LogP contribution in [0.25, 0.3) is 0 Å². The lowest BCUT2D eigenvalue weighted by Gasteiger charge is -2.38. The molecule has 1 aliphatic rings. The highest BCUT2D eigenvalue weighted by Gasteiger charge is 2.31. The minimum Gasteiger partial charge on any atom is -0.324 e. The Balaban J connectivity index is 1.65. The number of likely N-dealkylation sites (tertiary alicyclic amines) is 1. The van der Waals surface area contributed by atoms with Crippen molar-refractivity contribution in [2.75, 3.05) is 18.4 Å². The second-order valence-electron chi connectivity index (χ2n) is 6.25. The first-order valence-electron chi connectivity index (χ1n) is 8.27. The Bertz CT molecular complexity index is 652. The highest BCUT2D eigenvalue weighted by Crippen LogP contribution is 2.34. The third-order valence-corrected chi connectivity index (χ3v) is 4.73. The summed E-state index contributed by atoms with van der Waals surface area (Å²) >= 11 is 0. The van der Waals surface area contributed by atoms with Gasteiger partial charge in [0.15, 0.2) is 0 Å². The molecule has 2 heterocycles. The number of carbonyl (C=O) groups is 1. The predicted molar refractivity (Wildman–Crippen MR) is 91.4 cm³/mol. The van der Waals surface area contributed by atoms with E-state index < -0.39 is 0 Å². The highest BCUT2D eigenvalue weighted by molar-refractivity contribution is 5.89. The first-order valence-corrected chi connectivity index (χ1v) is 8.27. The van der Waals surface area contributed by atoms with Gasteiger partial charge in [-0.25, -0.2) is 4.79 Å². The van der Waals surface area contributed by atoms with E-state index >= 15 is 0 Å². The molecular formula is C18H24N4O. The summed E-state index contributed by atoms with van der Waals surface area (Å²) in [6, 6.07) is 10.6. The minimum atomic E-state index is -0.0250. The van der Waals surface area contributed by atoms with Crippen LogP contribution in [0.4, 0.5) is 10.5 Å². The number of amides is 2. The number of hydrogen-bond donors (Lipinski definition) is 1. The topological polar surface area (TPSA) is 50.2 Å². The van der Waals surface area contributed by atoms with Crippen LogP contribution in [0.3, 0.4) is 0 Å². The number of benzene rings is 1. The van der Waals surface area contributed by atoms with Crippen molar-refractivity contribution in [1.29, 1.82) is 0 Å². The predicted octanol–water partition coefficient (Wildman–Crippen LogP) is 3.47. The van der Waals surface area contributed by atoms with Crippen molar-refractivity contribution >= 4 is 11.7 Å². The van der Waals surface area contributed by atoms with E-state index in [1.165, 1.54) is 5.56 Å². The first kappa shape index (κ1) is 15.6. The molecule has 23 heavy (non-hydrogen) atoms. The van der Waals surface area contributed by atoms with Gasteiger partial charge in [-0.2, -0.15) is 5.10 Å². The number of aryl methyl sites for hydroxylation is 1.